The van der Waals surface area contributed by atoms with E-state index in [0.717, 1.165) is 23.2 Å². The van der Waals surface area contributed by atoms with E-state index in [2.05, 4.69) is 76.5 Å². The highest BCUT2D eigenvalue weighted by Gasteiger charge is 2.37. The second-order valence-electron chi connectivity index (χ2n) is 10.5. The van der Waals surface area contributed by atoms with Gasteiger partial charge in [-0.1, -0.05) is 60.2 Å². The first kappa shape index (κ1) is 28.5. The number of rotatable bonds is 8. The molecule has 1 aliphatic carbocycles. The number of halogens is 1. The van der Waals surface area contributed by atoms with Crippen LogP contribution in [0.2, 0.25) is 0 Å². The Labute approximate surface area is 260 Å². The van der Waals surface area contributed by atoms with Crippen molar-refractivity contribution in [2.24, 2.45) is 10.9 Å². The number of hydrogen-bond acceptors (Lipinski definition) is 6. The number of hydrogen-bond donors (Lipinski definition) is 1. The van der Waals surface area contributed by atoms with Crippen LogP contribution in [0.25, 0.3) is 0 Å². The molecule has 4 aromatic carbocycles. The Morgan fingerprint density at radius 3 is 2.55 bits per heavy atom. The van der Waals surface area contributed by atoms with Crippen LogP contribution in [-0.4, -0.2) is 21.2 Å². The smallest absolute Gasteiger partial charge is 0.339 e. The molecule has 0 spiro atoms. The zero-order valence-electron chi connectivity index (χ0n) is 23.3. The standard InChI is InChI=1S/C34H31IN2O4S/c1-3-40-32-20-23(19-30(35)34(32)41-42(38,39)26-17-11-22(2)12-18-26)21-36-25-15-13-24(14-16-25)33-29-9-6-8-27(29)28-7-4-5-10-31(28)37-33/h4-8,10-21,27,29,33,37H,3,9H2,1-2H3/t27-,29-,33+/m1/s1. The number of anilines is 1. The minimum atomic E-state index is -4.02. The van der Waals surface area contributed by atoms with E-state index in [1.54, 1.807) is 24.4 Å². The van der Waals surface area contributed by atoms with Crippen molar-refractivity contribution >= 4 is 50.3 Å². The van der Waals surface area contributed by atoms with Gasteiger partial charge in [0.15, 0.2) is 11.5 Å². The maximum absolute atomic E-state index is 13.0. The lowest BCUT2D eigenvalue weighted by Crippen LogP contribution is -2.28. The van der Waals surface area contributed by atoms with Crippen molar-refractivity contribution in [1.82, 2.24) is 0 Å². The summed E-state index contributed by atoms with van der Waals surface area (Å²) in [6, 6.07) is 27.3. The molecule has 1 heterocycles. The molecule has 6 nitrogen and oxygen atoms in total. The molecule has 3 atom stereocenters. The molecule has 0 fully saturated rings. The number of nitrogens with zero attached hydrogens (tertiary/aromatic N) is 1. The Kier molecular flexibility index (Phi) is 8.09. The first-order chi connectivity index (χ1) is 20.3. The van der Waals surface area contributed by atoms with Crippen LogP contribution >= 0.6 is 22.6 Å². The molecule has 0 saturated carbocycles. The number of ether oxygens (including phenoxy) is 1. The van der Waals surface area contributed by atoms with Crippen molar-refractivity contribution in [3.63, 3.8) is 0 Å². The molecule has 0 amide bonds. The zero-order chi connectivity index (χ0) is 29.3. The summed E-state index contributed by atoms with van der Waals surface area (Å²) in [5, 5.41) is 3.77. The summed E-state index contributed by atoms with van der Waals surface area (Å²) < 4.78 is 37.9. The molecular weight excluding hydrogens is 659 g/mol. The minimum Gasteiger partial charge on any atom is -0.490 e. The Morgan fingerprint density at radius 2 is 1.79 bits per heavy atom. The van der Waals surface area contributed by atoms with Crippen molar-refractivity contribution in [2.75, 3.05) is 11.9 Å². The molecule has 8 heteroatoms. The monoisotopic (exact) mass is 690 g/mol. The number of nitrogens with one attached hydrogen (secondary N) is 1. The maximum Gasteiger partial charge on any atom is 0.339 e. The molecule has 4 aromatic rings. The third kappa shape index (κ3) is 5.83. The lowest BCUT2D eigenvalue weighted by atomic mass is 9.77. The molecule has 0 unspecified atom stereocenters. The molecule has 1 N–H and O–H groups in total. The number of allylic oxidation sites excluding steroid dienone is 2. The fourth-order valence-electron chi connectivity index (χ4n) is 5.66. The Balaban J connectivity index is 1.21. The molecule has 1 aliphatic heterocycles. The maximum atomic E-state index is 13.0. The van der Waals surface area contributed by atoms with Crippen LogP contribution in [0.3, 0.4) is 0 Å². The lowest BCUT2D eigenvalue weighted by molar-refractivity contribution is 0.327. The predicted octanol–water partition coefficient (Wildman–Crippen LogP) is 8.34. The van der Waals surface area contributed by atoms with E-state index in [1.165, 1.54) is 28.9 Å². The minimum absolute atomic E-state index is 0.0905. The van der Waals surface area contributed by atoms with Gasteiger partial charge in [-0.05, 0) is 108 Å². The van der Waals surface area contributed by atoms with Gasteiger partial charge in [0.05, 0.1) is 21.9 Å². The van der Waals surface area contributed by atoms with Crippen LogP contribution in [0, 0.1) is 16.4 Å². The summed E-state index contributed by atoms with van der Waals surface area (Å²) in [4.78, 5) is 4.78. The molecule has 214 valence electrons. The zero-order valence-corrected chi connectivity index (χ0v) is 26.3. The predicted molar refractivity (Wildman–Crippen MR) is 176 cm³/mol. The number of para-hydroxylation sites is 1. The van der Waals surface area contributed by atoms with Gasteiger partial charge in [-0.25, -0.2) is 0 Å². The summed E-state index contributed by atoms with van der Waals surface area (Å²) in [6.07, 6.45) is 7.46. The largest absolute Gasteiger partial charge is 0.490 e. The van der Waals surface area contributed by atoms with Gasteiger partial charge >= 0.3 is 10.1 Å². The highest BCUT2D eigenvalue weighted by Crippen LogP contribution is 2.49. The first-order valence-corrected chi connectivity index (χ1v) is 16.4. The van der Waals surface area contributed by atoms with Gasteiger partial charge in [0.2, 0.25) is 0 Å². The van der Waals surface area contributed by atoms with E-state index in [0.29, 0.717) is 27.8 Å². The van der Waals surface area contributed by atoms with Gasteiger partial charge in [-0.15, -0.1) is 0 Å². The average molecular weight is 691 g/mol. The van der Waals surface area contributed by atoms with E-state index >= 15 is 0 Å². The van der Waals surface area contributed by atoms with E-state index in [9.17, 15) is 8.42 Å². The second kappa shape index (κ2) is 11.9. The number of benzene rings is 4. The molecular formula is C34H31IN2O4S. The summed E-state index contributed by atoms with van der Waals surface area (Å²) in [5.41, 5.74) is 6.39. The summed E-state index contributed by atoms with van der Waals surface area (Å²) in [7, 11) is -4.02. The third-order valence-electron chi connectivity index (χ3n) is 7.72. The Morgan fingerprint density at radius 1 is 1.02 bits per heavy atom. The summed E-state index contributed by atoms with van der Waals surface area (Å²) in [5.74, 6) is 1.44. The van der Waals surface area contributed by atoms with Crippen molar-refractivity contribution in [2.45, 2.75) is 37.1 Å². The molecule has 0 aromatic heterocycles. The molecule has 0 saturated heterocycles. The van der Waals surface area contributed by atoms with Gasteiger partial charge in [0.25, 0.3) is 0 Å². The SMILES string of the molecule is CCOc1cc(C=Nc2ccc([C@@H]3Nc4ccccc4[C@H]4C=CC[C@H]43)cc2)cc(I)c1OS(=O)(=O)c1ccc(C)cc1. The van der Waals surface area contributed by atoms with Gasteiger partial charge < -0.3 is 14.2 Å². The van der Waals surface area contributed by atoms with Gasteiger partial charge in [-0.2, -0.15) is 8.42 Å². The van der Waals surface area contributed by atoms with Crippen molar-refractivity contribution < 1.29 is 17.3 Å². The topological polar surface area (TPSA) is 77.0 Å². The molecule has 0 radical (unpaired) electrons. The average Bonchev–Trinajstić information content (AvgIpc) is 3.49. The van der Waals surface area contributed by atoms with Crippen molar-refractivity contribution in [3.8, 4) is 11.5 Å². The fraction of sp³-hybridized carbons (Fsp3) is 0.206. The number of fused-ring (bicyclic) bond motifs is 3. The molecule has 2 aliphatic rings. The van der Waals surface area contributed by atoms with E-state index in [1.807, 2.05) is 32.0 Å². The van der Waals surface area contributed by atoms with Crippen LogP contribution in [0.4, 0.5) is 11.4 Å². The molecule has 6 rings (SSSR count). The van der Waals surface area contributed by atoms with Crippen molar-refractivity contribution in [3.05, 3.63) is 123 Å². The number of aliphatic imine (C=N–C) groups is 1. The fourth-order valence-corrected chi connectivity index (χ4v) is 7.50. The second-order valence-corrected chi connectivity index (χ2v) is 13.2. The van der Waals surface area contributed by atoms with E-state index in [4.69, 9.17) is 13.9 Å². The summed E-state index contributed by atoms with van der Waals surface area (Å²) >= 11 is 2.07. The van der Waals surface area contributed by atoms with Gasteiger partial charge in [0.1, 0.15) is 4.90 Å². The third-order valence-corrected chi connectivity index (χ3v) is 9.76. The van der Waals surface area contributed by atoms with Crippen molar-refractivity contribution in [1.29, 1.82) is 0 Å². The van der Waals surface area contributed by atoms with Crippen LogP contribution in [-0.2, 0) is 10.1 Å². The van der Waals surface area contributed by atoms with E-state index in [-0.39, 0.29) is 16.7 Å². The Hall–Kier alpha value is -3.63. The number of aryl methyl sites for hydroxylation is 1. The molecule has 42 heavy (non-hydrogen) atoms. The first-order valence-electron chi connectivity index (χ1n) is 14.0. The highest BCUT2D eigenvalue weighted by molar-refractivity contribution is 14.1. The van der Waals surface area contributed by atoms with E-state index < -0.39 is 10.1 Å². The quantitative estimate of drug-likeness (QED) is 0.0871. The van der Waals surface area contributed by atoms with Gasteiger partial charge in [-0.3, -0.25) is 4.99 Å². The van der Waals surface area contributed by atoms with Crippen LogP contribution in [0.15, 0.2) is 107 Å². The van der Waals surface area contributed by atoms with Gasteiger partial charge in [0, 0.05) is 17.8 Å². The highest BCUT2D eigenvalue weighted by atomic mass is 127. The summed E-state index contributed by atoms with van der Waals surface area (Å²) in [6.45, 7) is 4.10. The van der Waals surface area contributed by atoms with Crippen LogP contribution < -0.4 is 14.2 Å². The lowest BCUT2D eigenvalue weighted by Gasteiger charge is -2.37. The Bertz CT molecular complexity index is 1770. The van der Waals surface area contributed by atoms with Crippen LogP contribution in [0.1, 0.15) is 47.6 Å². The molecule has 0 bridgehead atoms. The van der Waals surface area contributed by atoms with Crippen LogP contribution in [0.5, 0.6) is 11.5 Å². The normalized spacial score (nSPS) is 19.3.